The number of ether oxygens (including phenoxy) is 3. The van der Waals surface area contributed by atoms with E-state index < -0.39 is 12.0 Å². The second-order valence-electron chi connectivity index (χ2n) is 6.02. The fourth-order valence-corrected chi connectivity index (χ4v) is 3.39. The summed E-state index contributed by atoms with van der Waals surface area (Å²) in [5, 5.41) is 6.73. The molecule has 2 aliphatic rings. The number of esters is 1. The Bertz CT molecular complexity index is 927. The van der Waals surface area contributed by atoms with Crippen LogP contribution in [0.5, 0.6) is 11.5 Å². The van der Waals surface area contributed by atoms with E-state index in [0.29, 0.717) is 27.9 Å². The largest absolute Gasteiger partial charge is 0.463 e. The van der Waals surface area contributed by atoms with Crippen LogP contribution in [0.15, 0.2) is 54.1 Å². The van der Waals surface area contributed by atoms with Crippen molar-refractivity contribution in [2.24, 2.45) is 0 Å². The predicted molar refractivity (Wildman–Crippen MR) is 104 cm³/mol. The third-order valence-corrected chi connectivity index (χ3v) is 4.58. The molecule has 2 aromatic rings. The van der Waals surface area contributed by atoms with Crippen molar-refractivity contribution in [2.45, 2.75) is 13.0 Å². The lowest BCUT2D eigenvalue weighted by atomic mass is 9.92. The Labute approximate surface area is 162 Å². The number of nitrogens with one attached hydrogen (secondary N) is 2. The van der Waals surface area contributed by atoms with Crippen molar-refractivity contribution in [3.8, 4) is 11.5 Å². The molecule has 0 fully saturated rings. The van der Waals surface area contributed by atoms with Gasteiger partial charge in [0.15, 0.2) is 16.6 Å². The standard InChI is InChI=1S/C20H18N2O4S/c1-2-24-19(23)16-17(12-6-4-3-5-7-12)21-20(27)22-18(16)13-8-9-14-15(10-13)26-11-25-14/h3-10,18H,2,11H2,1H3,(H2,21,22,27). The van der Waals surface area contributed by atoms with Crippen molar-refractivity contribution < 1.29 is 19.0 Å². The second-order valence-corrected chi connectivity index (χ2v) is 6.43. The van der Waals surface area contributed by atoms with Gasteiger partial charge in [0.25, 0.3) is 0 Å². The van der Waals surface area contributed by atoms with Crippen LogP contribution in [-0.4, -0.2) is 24.5 Å². The van der Waals surface area contributed by atoms with E-state index in [2.05, 4.69) is 10.6 Å². The molecule has 1 unspecified atom stereocenters. The summed E-state index contributed by atoms with van der Waals surface area (Å²) in [7, 11) is 0. The summed E-state index contributed by atoms with van der Waals surface area (Å²) in [5.41, 5.74) is 2.80. The van der Waals surface area contributed by atoms with Crippen LogP contribution in [-0.2, 0) is 9.53 Å². The van der Waals surface area contributed by atoms with Gasteiger partial charge in [0.1, 0.15) is 0 Å². The molecule has 4 rings (SSSR count). The first-order valence-corrected chi connectivity index (χ1v) is 9.02. The topological polar surface area (TPSA) is 68.8 Å². The number of rotatable bonds is 4. The first-order chi connectivity index (χ1) is 13.2. The average Bonchev–Trinajstić information content (AvgIpc) is 3.16. The Balaban J connectivity index is 1.85. The third kappa shape index (κ3) is 3.33. The monoisotopic (exact) mass is 382 g/mol. The molecule has 27 heavy (non-hydrogen) atoms. The SMILES string of the molecule is CCOC(=O)C1=C(c2ccccc2)NC(=S)NC1c1ccc2c(c1)OCO2. The molecule has 0 radical (unpaired) electrons. The molecule has 2 aliphatic heterocycles. The van der Waals surface area contributed by atoms with Crippen LogP contribution in [0.2, 0.25) is 0 Å². The predicted octanol–water partition coefficient (Wildman–Crippen LogP) is 2.91. The molecule has 1 atom stereocenters. The summed E-state index contributed by atoms with van der Waals surface area (Å²) >= 11 is 5.40. The Kier molecular flexibility index (Phi) is 4.68. The van der Waals surface area contributed by atoms with Gasteiger partial charge in [-0.25, -0.2) is 4.79 Å². The number of thiocarbonyl (C=S) groups is 1. The Morgan fingerprint density at radius 3 is 2.74 bits per heavy atom. The van der Waals surface area contributed by atoms with Crippen LogP contribution in [0.25, 0.3) is 5.70 Å². The molecule has 0 bridgehead atoms. The first-order valence-electron chi connectivity index (χ1n) is 8.61. The van der Waals surface area contributed by atoms with Gasteiger partial charge in [-0.1, -0.05) is 36.4 Å². The van der Waals surface area contributed by atoms with Crippen molar-refractivity contribution in [1.82, 2.24) is 10.6 Å². The smallest absolute Gasteiger partial charge is 0.338 e. The fourth-order valence-electron chi connectivity index (χ4n) is 3.17. The summed E-state index contributed by atoms with van der Waals surface area (Å²) in [6.07, 6.45) is 0. The second kappa shape index (κ2) is 7.28. The van der Waals surface area contributed by atoms with E-state index in [-0.39, 0.29) is 13.4 Å². The Morgan fingerprint density at radius 2 is 1.96 bits per heavy atom. The van der Waals surface area contributed by atoms with Gasteiger partial charge in [-0.3, -0.25) is 0 Å². The maximum Gasteiger partial charge on any atom is 0.338 e. The number of carbonyl (C=O) groups excluding carboxylic acids is 1. The quantitative estimate of drug-likeness (QED) is 0.622. The van der Waals surface area contributed by atoms with Gasteiger partial charge >= 0.3 is 5.97 Å². The summed E-state index contributed by atoms with van der Waals surface area (Å²) in [4.78, 5) is 12.8. The fraction of sp³-hybridized carbons (Fsp3) is 0.200. The molecule has 0 saturated heterocycles. The number of fused-ring (bicyclic) bond motifs is 1. The molecule has 0 saturated carbocycles. The maximum absolute atomic E-state index is 12.8. The normalized spacial score (nSPS) is 18.0. The summed E-state index contributed by atoms with van der Waals surface area (Å²) < 4.78 is 16.2. The highest BCUT2D eigenvalue weighted by Gasteiger charge is 2.33. The molecule has 0 spiro atoms. The lowest BCUT2D eigenvalue weighted by molar-refractivity contribution is -0.138. The third-order valence-electron chi connectivity index (χ3n) is 4.36. The van der Waals surface area contributed by atoms with Crippen LogP contribution in [0, 0.1) is 0 Å². The van der Waals surface area contributed by atoms with E-state index in [4.69, 9.17) is 26.4 Å². The van der Waals surface area contributed by atoms with E-state index in [1.807, 2.05) is 48.5 Å². The van der Waals surface area contributed by atoms with E-state index >= 15 is 0 Å². The highest BCUT2D eigenvalue weighted by atomic mass is 32.1. The number of hydrogen-bond acceptors (Lipinski definition) is 5. The highest BCUT2D eigenvalue weighted by molar-refractivity contribution is 7.80. The molecular formula is C20H18N2O4S. The zero-order valence-electron chi connectivity index (χ0n) is 14.7. The van der Waals surface area contributed by atoms with Crippen molar-refractivity contribution >= 4 is 29.0 Å². The molecule has 7 heteroatoms. The van der Waals surface area contributed by atoms with Crippen LogP contribution >= 0.6 is 12.2 Å². The summed E-state index contributed by atoms with van der Waals surface area (Å²) in [6.45, 7) is 2.25. The van der Waals surface area contributed by atoms with E-state index in [1.165, 1.54) is 0 Å². The van der Waals surface area contributed by atoms with Gasteiger partial charge in [0, 0.05) is 0 Å². The summed E-state index contributed by atoms with van der Waals surface area (Å²) in [5.74, 6) is 0.921. The molecule has 138 valence electrons. The molecule has 2 heterocycles. The molecular weight excluding hydrogens is 364 g/mol. The summed E-state index contributed by atoms with van der Waals surface area (Å²) in [6, 6.07) is 14.7. The lowest BCUT2D eigenvalue weighted by Gasteiger charge is -2.31. The van der Waals surface area contributed by atoms with Gasteiger partial charge in [-0.15, -0.1) is 0 Å². The van der Waals surface area contributed by atoms with Crippen molar-refractivity contribution in [2.75, 3.05) is 13.4 Å². The van der Waals surface area contributed by atoms with Gasteiger partial charge in [0.05, 0.1) is 23.9 Å². The van der Waals surface area contributed by atoms with Crippen LogP contribution in [0.3, 0.4) is 0 Å². The highest BCUT2D eigenvalue weighted by Crippen LogP contribution is 2.38. The number of hydrogen-bond donors (Lipinski definition) is 2. The average molecular weight is 382 g/mol. The van der Waals surface area contributed by atoms with Crippen molar-refractivity contribution in [3.05, 3.63) is 65.2 Å². The molecule has 2 N–H and O–H groups in total. The Hall–Kier alpha value is -3.06. The zero-order valence-corrected chi connectivity index (χ0v) is 15.5. The van der Waals surface area contributed by atoms with E-state index in [1.54, 1.807) is 6.92 Å². The van der Waals surface area contributed by atoms with Gasteiger partial charge in [-0.05, 0) is 42.4 Å². The van der Waals surface area contributed by atoms with Crippen LogP contribution in [0.1, 0.15) is 24.1 Å². The van der Waals surface area contributed by atoms with Crippen molar-refractivity contribution in [1.29, 1.82) is 0 Å². The molecule has 2 aromatic carbocycles. The van der Waals surface area contributed by atoms with Crippen LogP contribution in [0.4, 0.5) is 0 Å². The molecule has 0 amide bonds. The van der Waals surface area contributed by atoms with Gasteiger partial charge < -0.3 is 24.8 Å². The molecule has 0 aromatic heterocycles. The van der Waals surface area contributed by atoms with E-state index in [9.17, 15) is 4.79 Å². The minimum atomic E-state index is -0.470. The number of benzene rings is 2. The number of carbonyl (C=O) groups is 1. The van der Waals surface area contributed by atoms with Gasteiger partial charge in [-0.2, -0.15) is 0 Å². The first kappa shape index (κ1) is 17.4. The molecule has 0 aliphatic carbocycles. The van der Waals surface area contributed by atoms with Crippen LogP contribution < -0.4 is 20.1 Å². The minimum Gasteiger partial charge on any atom is -0.463 e. The van der Waals surface area contributed by atoms with Gasteiger partial charge in [0.2, 0.25) is 6.79 Å². The lowest BCUT2D eigenvalue weighted by Crippen LogP contribution is -2.45. The molecule has 6 nitrogen and oxygen atoms in total. The maximum atomic E-state index is 12.8. The Morgan fingerprint density at radius 1 is 1.19 bits per heavy atom. The zero-order chi connectivity index (χ0) is 18.8. The minimum absolute atomic E-state index is 0.187. The van der Waals surface area contributed by atoms with E-state index in [0.717, 1.165) is 11.1 Å². The van der Waals surface area contributed by atoms with Crippen molar-refractivity contribution in [3.63, 3.8) is 0 Å².